The zero-order valence-corrected chi connectivity index (χ0v) is 11.5. The number of hydrogen-bond acceptors (Lipinski definition) is 1. The molecule has 0 radical (unpaired) electrons. The summed E-state index contributed by atoms with van der Waals surface area (Å²) in [5.41, 5.74) is 3.23. The molecule has 16 heavy (non-hydrogen) atoms. The van der Waals surface area contributed by atoms with E-state index in [4.69, 9.17) is 0 Å². The fourth-order valence-corrected chi connectivity index (χ4v) is 2.53. The van der Waals surface area contributed by atoms with Gasteiger partial charge in [0.25, 0.3) is 0 Å². The maximum Gasteiger partial charge on any atom is 0.184 e. The van der Waals surface area contributed by atoms with Crippen LogP contribution in [0.15, 0.2) is 22.8 Å². The molecular weight excluding hydrogens is 196 g/mol. The molecule has 1 aliphatic rings. The third-order valence-corrected chi connectivity index (χ3v) is 4.27. The highest BCUT2D eigenvalue weighted by Gasteiger charge is 2.38. The summed E-state index contributed by atoms with van der Waals surface area (Å²) in [7, 11) is 0. The Kier molecular flexibility index (Phi) is 3.77. The van der Waals surface area contributed by atoms with Crippen molar-refractivity contribution in [2.45, 2.75) is 54.4 Å². The molecule has 1 aliphatic carbocycles. The molecule has 1 nitrogen and oxygen atoms in total. The molecule has 90 valence electrons. The molecule has 1 heteroatoms. The van der Waals surface area contributed by atoms with Gasteiger partial charge in [-0.3, -0.25) is 4.79 Å². The number of rotatable bonds is 2. The number of carbonyl (C=O) groups is 1. The van der Waals surface area contributed by atoms with Gasteiger partial charge in [0, 0.05) is 5.57 Å². The van der Waals surface area contributed by atoms with Gasteiger partial charge < -0.3 is 0 Å². The fraction of sp³-hybridized carbons (Fsp3) is 0.667. The monoisotopic (exact) mass is 220 g/mol. The molecule has 0 fully saturated rings. The molecule has 0 heterocycles. The minimum atomic E-state index is 0.0175. The summed E-state index contributed by atoms with van der Waals surface area (Å²) in [5, 5.41) is 0. The lowest BCUT2D eigenvalue weighted by molar-refractivity contribution is -0.113. The highest BCUT2D eigenvalue weighted by Crippen LogP contribution is 2.45. The molecule has 0 amide bonds. The first-order valence-electron chi connectivity index (χ1n) is 6.20. The average molecular weight is 220 g/mol. The van der Waals surface area contributed by atoms with E-state index in [-0.39, 0.29) is 11.2 Å². The fourth-order valence-electron chi connectivity index (χ4n) is 2.53. The third kappa shape index (κ3) is 2.14. The Hall–Kier alpha value is -0.850. The third-order valence-electron chi connectivity index (χ3n) is 4.27. The van der Waals surface area contributed by atoms with Crippen LogP contribution in [0.2, 0.25) is 0 Å². The van der Waals surface area contributed by atoms with E-state index < -0.39 is 0 Å². The van der Waals surface area contributed by atoms with E-state index in [0.29, 0.717) is 5.92 Å². The topological polar surface area (TPSA) is 17.1 Å². The van der Waals surface area contributed by atoms with Gasteiger partial charge in [0.1, 0.15) is 0 Å². The summed E-state index contributed by atoms with van der Waals surface area (Å²) in [5.74, 6) is 0.830. The van der Waals surface area contributed by atoms with Crippen molar-refractivity contribution >= 4 is 5.78 Å². The summed E-state index contributed by atoms with van der Waals surface area (Å²) in [6.45, 7) is 12.6. The van der Waals surface area contributed by atoms with E-state index in [9.17, 15) is 4.79 Å². The first-order valence-corrected chi connectivity index (χ1v) is 6.20. The van der Waals surface area contributed by atoms with Gasteiger partial charge in [-0.2, -0.15) is 0 Å². The van der Waals surface area contributed by atoms with E-state index >= 15 is 0 Å². The molecule has 0 aromatic carbocycles. The van der Waals surface area contributed by atoms with E-state index in [1.54, 1.807) is 0 Å². The van der Waals surface area contributed by atoms with Crippen molar-refractivity contribution in [2.24, 2.45) is 11.3 Å². The Morgan fingerprint density at radius 3 is 2.50 bits per heavy atom. The van der Waals surface area contributed by atoms with Gasteiger partial charge in [-0.05, 0) is 50.5 Å². The largest absolute Gasteiger partial charge is 0.289 e. The molecule has 0 aliphatic heterocycles. The molecule has 1 atom stereocenters. The molecule has 0 aromatic rings. The van der Waals surface area contributed by atoms with Crippen LogP contribution in [-0.4, -0.2) is 5.78 Å². The molecule has 0 saturated carbocycles. The van der Waals surface area contributed by atoms with Crippen molar-refractivity contribution in [1.82, 2.24) is 0 Å². The SMILES string of the molecule is C/C=C(\C)C(=O)C1=C(C)CC[C@H](C)C1(C)C. The first-order chi connectivity index (χ1) is 7.32. The van der Waals surface area contributed by atoms with Crippen LogP contribution < -0.4 is 0 Å². The maximum atomic E-state index is 12.4. The van der Waals surface area contributed by atoms with E-state index in [0.717, 1.165) is 17.6 Å². The standard InChI is InChI=1S/C15H24O/c1-7-10(2)14(16)13-11(3)8-9-12(4)15(13,5)6/h7,12H,8-9H2,1-6H3/b10-7+/t12-/m0/s1. The van der Waals surface area contributed by atoms with Crippen LogP contribution in [0.5, 0.6) is 0 Å². The Morgan fingerprint density at radius 2 is 2.00 bits per heavy atom. The van der Waals surface area contributed by atoms with E-state index in [1.165, 1.54) is 12.0 Å². The molecule has 0 unspecified atom stereocenters. The maximum absolute atomic E-state index is 12.4. The molecule has 0 bridgehead atoms. The van der Waals surface area contributed by atoms with Gasteiger partial charge in [-0.15, -0.1) is 0 Å². The zero-order valence-electron chi connectivity index (χ0n) is 11.5. The molecular formula is C15H24O. The smallest absolute Gasteiger partial charge is 0.184 e. The van der Waals surface area contributed by atoms with Crippen LogP contribution in [-0.2, 0) is 4.79 Å². The van der Waals surface area contributed by atoms with E-state index in [2.05, 4.69) is 27.7 Å². The van der Waals surface area contributed by atoms with Crippen molar-refractivity contribution < 1.29 is 4.79 Å². The predicted octanol–water partition coefficient (Wildman–Crippen LogP) is 4.29. The highest BCUT2D eigenvalue weighted by molar-refractivity contribution is 6.09. The molecule has 0 spiro atoms. The van der Waals surface area contributed by atoms with Crippen LogP contribution >= 0.6 is 0 Å². The van der Waals surface area contributed by atoms with Gasteiger partial charge in [0.05, 0.1) is 0 Å². The quantitative estimate of drug-likeness (QED) is 0.634. The van der Waals surface area contributed by atoms with Crippen molar-refractivity contribution in [3.05, 3.63) is 22.8 Å². The molecule has 0 saturated heterocycles. The van der Waals surface area contributed by atoms with Crippen molar-refractivity contribution in [1.29, 1.82) is 0 Å². The van der Waals surface area contributed by atoms with Gasteiger partial charge in [-0.1, -0.05) is 32.4 Å². The number of allylic oxidation sites excluding steroid dienone is 4. The lowest BCUT2D eigenvalue weighted by atomic mass is 9.64. The van der Waals surface area contributed by atoms with Crippen LogP contribution in [0.4, 0.5) is 0 Å². The van der Waals surface area contributed by atoms with Crippen LogP contribution in [0, 0.1) is 11.3 Å². The lowest BCUT2D eigenvalue weighted by Gasteiger charge is -2.39. The summed E-state index contributed by atoms with van der Waals surface area (Å²) < 4.78 is 0. The minimum absolute atomic E-state index is 0.0175. The second-order valence-electron chi connectivity index (χ2n) is 5.62. The van der Waals surface area contributed by atoms with Gasteiger partial charge in [0.2, 0.25) is 0 Å². The number of hydrogen-bond donors (Lipinski definition) is 0. The van der Waals surface area contributed by atoms with Crippen molar-refractivity contribution in [2.75, 3.05) is 0 Å². The second kappa shape index (κ2) is 4.57. The Balaban J connectivity index is 3.22. The van der Waals surface area contributed by atoms with Crippen molar-refractivity contribution in [3.8, 4) is 0 Å². The molecule has 0 N–H and O–H groups in total. The Morgan fingerprint density at radius 1 is 1.44 bits per heavy atom. The highest BCUT2D eigenvalue weighted by atomic mass is 16.1. The second-order valence-corrected chi connectivity index (χ2v) is 5.62. The molecule has 0 aromatic heterocycles. The van der Waals surface area contributed by atoms with Crippen LogP contribution in [0.25, 0.3) is 0 Å². The first kappa shape index (κ1) is 13.2. The number of carbonyl (C=O) groups excluding carboxylic acids is 1. The number of Topliss-reactive ketones (excluding diaryl/α,β-unsaturated/α-hetero) is 1. The Labute approximate surface area is 99.6 Å². The van der Waals surface area contributed by atoms with Gasteiger partial charge in [0.15, 0.2) is 5.78 Å². The minimum Gasteiger partial charge on any atom is -0.289 e. The van der Waals surface area contributed by atoms with Gasteiger partial charge >= 0.3 is 0 Å². The summed E-state index contributed by atoms with van der Waals surface area (Å²) in [6, 6.07) is 0. The van der Waals surface area contributed by atoms with Crippen LogP contribution in [0.1, 0.15) is 54.4 Å². The van der Waals surface area contributed by atoms with Crippen molar-refractivity contribution in [3.63, 3.8) is 0 Å². The molecule has 1 rings (SSSR count). The van der Waals surface area contributed by atoms with Crippen LogP contribution in [0.3, 0.4) is 0 Å². The predicted molar refractivity (Wildman–Crippen MR) is 69.3 cm³/mol. The normalized spacial score (nSPS) is 25.9. The van der Waals surface area contributed by atoms with Gasteiger partial charge in [-0.25, -0.2) is 0 Å². The lowest BCUT2D eigenvalue weighted by Crippen LogP contribution is -2.33. The summed E-state index contributed by atoms with van der Waals surface area (Å²) in [6.07, 6.45) is 4.19. The summed E-state index contributed by atoms with van der Waals surface area (Å²) >= 11 is 0. The van der Waals surface area contributed by atoms with E-state index in [1.807, 2.05) is 19.9 Å². The average Bonchev–Trinajstić information content (AvgIpc) is 2.22. The Bertz CT molecular complexity index is 356. The zero-order chi connectivity index (χ0) is 12.5. The summed E-state index contributed by atoms with van der Waals surface area (Å²) in [4.78, 5) is 12.4. The number of ketones is 1.